The Morgan fingerprint density at radius 2 is 1.81 bits per heavy atom. The predicted molar refractivity (Wildman–Crippen MR) is 135 cm³/mol. The third-order valence-electron chi connectivity index (χ3n) is 7.12. The molecule has 1 heterocycles. The number of amides is 2. The van der Waals surface area contributed by atoms with Gasteiger partial charge in [0.1, 0.15) is 5.69 Å². The van der Waals surface area contributed by atoms with E-state index in [0.717, 1.165) is 6.42 Å². The molecule has 36 heavy (non-hydrogen) atoms. The number of aromatic nitrogens is 2. The SMILES string of the molecule is CNC(=O)[C@H](CCC(C)C)C[C@H](O)[C@H](CC1CCC(F)(F)CC1)NC(=O)c1cnc2ccccc2n1. The molecule has 0 aliphatic heterocycles. The summed E-state index contributed by atoms with van der Waals surface area (Å²) in [5.41, 5.74) is 1.35. The van der Waals surface area contributed by atoms with Crippen LogP contribution >= 0.6 is 0 Å². The summed E-state index contributed by atoms with van der Waals surface area (Å²) in [4.78, 5) is 34.3. The van der Waals surface area contributed by atoms with E-state index in [0.29, 0.717) is 42.6 Å². The first kappa shape index (κ1) is 27.9. The highest BCUT2D eigenvalue weighted by Crippen LogP contribution is 2.38. The van der Waals surface area contributed by atoms with E-state index in [-0.39, 0.29) is 36.8 Å². The maximum atomic E-state index is 13.7. The van der Waals surface area contributed by atoms with Gasteiger partial charge in [0, 0.05) is 25.8 Å². The van der Waals surface area contributed by atoms with Crippen LogP contribution in [0.3, 0.4) is 0 Å². The molecule has 1 saturated carbocycles. The summed E-state index contributed by atoms with van der Waals surface area (Å²) < 4.78 is 27.4. The number of rotatable bonds is 11. The molecule has 3 rings (SSSR count). The van der Waals surface area contributed by atoms with Gasteiger partial charge < -0.3 is 15.7 Å². The van der Waals surface area contributed by atoms with E-state index >= 15 is 0 Å². The molecule has 2 amide bonds. The number of hydrogen-bond donors (Lipinski definition) is 3. The summed E-state index contributed by atoms with van der Waals surface area (Å²) in [6.45, 7) is 4.15. The summed E-state index contributed by atoms with van der Waals surface area (Å²) in [5.74, 6) is -3.37. The normalized spacial score (nSPS) is 18.5. The topological polar surface area (TPSA) is 104 Å². The number of nitrogens with zero attached hydrogens (tertiary/aromatic N) is 2. The Labute approximate surface area is 211 Å². The third-order valence-corrected chi connectivity index (χ3v) is 7.12. The lowest BCUT2D eigenvalue weighted by atomic mass is 9.80. The van der Waals surface area contributed by atoms with E-state index in [1.807, 2.05) is 6.07 Å². The van der Waals surface area contributed by atoms with Crippen molar-refractivity contribution in [2.45, 2.75) is 83.3 Å². The Hall–Kier alpha value is -2.68. The minimum atomic E-state index is -2.66. The van der Waals surface area contributed by atoms with Crippen LogP contribution in [0.15, 0.2) is 30.5 Å². The van der Waals surface area contributed by atoms with Gasteiger partial charge in [-0.25, -0.2) is 13.8 Å². The summed E-state index contributed by atoms with van der Waals surface area (Å²) in [6.07, 6.45) is 2.60. The Morgan fingerprint density at radius 3 is 2.44 bits per heavy atom. The molecule has 3 N–H and O–H groups in total. The Balaban J connectivity index is 1.76. The molecule has 1 fully saturated rings. The molecule has 0 spiro atoms. The van der Waals surface area contributed by atoms with Crippen LogP contribution in [0.4, 0.5) is 8.78 Å². The molecule has 0 bridgehead atoms. The molecule has 2 aromatic rings. The lowest BCUT2D eigenvalue weighted by Crippen LogP contribution is -2.47. The van der Waals surface area contributed by atoms with Gasteiger partial charge in [-0.1, -0.05) is 32.4 Å². The second kappa shape index (κ2) is 12.5. The number of aliphatic hydroxyl groups excluding tert-OH is 1. The van der Waals surface area contributed by atoms with Gasteiger partial charge in [0.25, 0.3) is 5.91 Å². The van der Waals surface area contributed by atoms with Crippen molar-refractivity contribution in [1.29, 1.82) is 0 Å². The van der Waals surface area contributed by atoms with Gasteiger partial charge in [0.05, 0.1) is 29.4 Å². The third kappa shape index (κ3) is 7.91. The summed E-state index contributed by atoms with van der Waals surface area (Å²) in [5, 5.41) is 16.8. The maximum absolute atomic E-state index is 13.7. The number of benzene rings is 1. The monoisotopic (exact) mass is 504 g/mol. The predicted octanol–water partition coefficient (Wildman–Crippen LogP) is 4.49. The fraction of sp³-hybridized carbons (Fsp3) is 0.630. The maximum Gasteiger partial charge on any atom is 0.271 e. The van der Waals surface area contributed by atoms with E-state index in [2.05, 4.69) is 34.4 Å². The molecular formula is C27H38F2N4O3. The van der Waals surface area contributed by atoms with Crippen LogP contribution < -0.4 is 10.6 Å². The molecule has 3 atom stereocenters. The average molecular weight is 505 g/mol. The lowest BCUT2D eigenvalue weighted by molar-refractivity contribution is -0.126. The van der Waals surface area contributed by atoms with Crippen molar-refractivity contribution in [3.8, 4) is 0 Å². The van der Waals surface area contributed by atoms with Crippen molar-refractivity contribution in [2.24, 2.45) is 17.8 Å². The van der Waals surface area contributed by atoms with Gasteiger partial charge >= 0.3 is 0 Å². The first-order valence-electron chi connectivity index (χ1n) is 12.9. The highest BCUT2D eigenvalue weighted by atomic mass is 19.3. The Morgan fingerprint density at radius 1 is 1.14 bits per heavy atom. The van der Waals surface area contributed by atoms with E-state index in [9.17, 15) is 23.5 Å². The van der Waals surface area contributed by atoms with E-state index in [1.165, 1.54) is 6.20 Å². The molecule has 1 aromatic heterocycles. The summed E-state index contributed by atoms with van der Waals surface area (Å²) >= 11 is 0. The number of fused-ring (bicyclic) bond motifs is 1. The van der Waals surface area contributed by atoms with E-state index in [4.69, 9.17) is 0 Å². The molecule has 1 aliphatic carbocycles. The van der Waals surface area contributed by atoms with Crippen molar-refractivity contribution in [3.05, 3.63) is 36.2 Å². The highest BCUT2D eigenvalue weighted by molar-refractivity contribution is 5.94. The largest absolute Gasteiger partial charge is 0.391 e. The first-order valence-corrected chi connectivity index (χ1v) is 12.9. The number of carbonyl (C=O) groups excluding carboxylic acids is 2. The van der Waals surface area contributed by atoms with Gasteiger partial charge in [-0.15, -0.1) is 0 Å². The minimum Gasteiger partial charge on any atom is -0.391 e. The highest BCUT2D eigenvalue weighted by Gasteiger charge is 2.37. The number of carbonyl (C=O) groups is 2. The summed E-state index contributed by atoms with van der Waals surface area (Å²) in [6, 6.07) is 6.50. The molecule has 0 saturated heterocycles. The zero-order chi connectivity index (χ0) is 26.3. The fourth-order valence-corrected chi connectivity index (χ4v) is 4.87. The van der Waals surface area contributed by atoms with Crippen molar-refractivity contribution in [3.63, 3.8) is 0 Å². The molecule has 7 nitrogen and oxygen atoms in total. The van der Waals surface area contributed by atoms with Crippen LogP contribution in [0.1, 0.15) is 75.7 Å². The van der Waals surface area contributed by atoms with Gasteiger partial charge in [0.2, 0.25) is 11.8 Å². The number of nitrogens with one attached hydrogen (secondary N) is 2. The smallest absolute Gasteiger partial charge is 0.271 e. The van der Waals surface area contributed by atoms with Gasteiger partial charge in [0.15, 0.2) is 0 Å². The first-order chi connectivity index (χ1) is 17.1. The zero-order valence-electron chi connectivity index (χ0n) is 21.3. The van der Waals surface area contributed by atoms with Crippen LogP contribution in [0, 0.1) is 17.8 Å². The van der Waals surface area contributed by atoms with Crippen LogP contribution in [0.5, 0.6) is 0 Å². The van der Waals surface area contributed by atoms with Crippen LogP contribution in [0.2, 0.25) is 0 Å². The van der Waals surface area contributed by atoms with Crippen LogP contribution in [0.25, 0.3) is 11.0 Å². The van der Waals surface area contributed by atoms with Crippen molar-refractivity contribution >= 4 is 22.8 Å². The molecule has 1 aliphatic rings. The Bertz CT molecular complexity index is 1020. The number of alkyl halides is 2. The second-order valence-electron chi connectivity index (χ2n) is 10.4. The molecule has 1 aromatic carbocycles. The van der Waals surface area contributed by atoms with E-state index in [1.54, 1.807) is 25.2 Å². The second-order valence-corrected chi connectivity index (χ2v) is 10.4. The zero-order valence-corrected chi connectivity index (χ0v) is 21.3. The average Bonchev–Trinajstić information content (AvgIpc) is 2.86. The summed E-state index contributed by atoms with van der Waals surface area (Å²) in [7, 11) is 1.57. The van der Waals surface area contributed by atoms with Gasteiger partial charge in [-0.05, 0) is 56.1 Å². The molecule has 0 radical (unpaired) electrons. The lowest BCUT2D eigenvalue weighted by Gasteiger charge is -2.33. The molecule has 0 unspecified atom stereocenters. The molecule has 9 heteroatoms. The van der Waals surface area contributed by atoms with Gasteiger partial charge in [-0.3, -0.25) is 14.6 Å². The molecule has 198 valence electrons. The van der Waals surface area contributed by atoms with Crippen molar-refractivity contribution in [1.82, 2.24) is 20.6 Å². The van der Waals surface area contributed by atoms with E-state index < -0.39 is 29.9 Å². The molecular weight excluding hydrogens is 466 g/mol. The fourth-order valence-electron chi connectivity index (χ4n) is 4.87. The minimum absolute atomic E-state index is 0.0543. The number of hydrogen-bond acceptors (Lipinski definition) is 5. The van der Waals surface area contributed by atoms with Crippen LogP contribution in [-0.4, -0.2) is 52.0 Å². The van der Waals surface area contributed by atoms with Crippen molar-refractivity contribution < 1.29 is 23.5 Å². The number of halogens is 2. The standard InChI is InChI=1S/C27H38F2N4O3/c1-17(2)8-9-19(25(35)30-3)15-24(34)22(14-18-10-12-27(28,29)13-11-18)33-26(36)23-16-31-20-6-4-5-7-21(20)32-23/h4-7,16-19,22,24,34H,8-15H2,1-3H3,(H,30,35)(H,33,36)/t19-,22+,24+/m1/s1. The quantitative estimate of drug-likeness (QED) is 0.418. The number of para-hydroxylation sites is 2. The van der Waals surface area contributed by atoms with Crippen molar-refractivity contribution in [2.75, 3.05) is 7.05 Å². The van der Waals surface area contributed by atoms with Crippen LogP contribution in [-0.2, 0) is 4.79 Å². The van der Waals surface area contributed by atoms with Gasteiger partial charge in [-0.2, -0.15) is 0 Å². The number of aliphatic hydroxyl groups is 1. The Kier molecular flexibility index (Phi) is 9.70.